The molecule has 7 heteroatoms. The number of aromatic amines is 1. The van der Waals surface area contributed by atoms with Crippen LogP contribution in [0.3, 0.4) is 0 Å². The molecule has 0 saturated carbocycles. The number of sulfone groups is 1. The minimum atomic E-state index is -3.62. The number of nitrogens with one attached hydrogen (secondary N) is 1. The molecular weight excluding hydrogens is 290 g/mol. The number of H-pyrrole nitrogens is 1. The minimum absolute atomic E-state index is 0.0279. The number of hydrogen-bond donors (Lipinski definition) is 3. The normalized spacial score (nSPS) is 11.8. The lowest BCUT2D eigenvalue weighted by Gasteiger charge is -2.02. The number of hydrogen-bond acceptors (Lipinski definition) is 5. The summed E-state index contributed by atoms with van der Waals surface area (Å²) in [4.78, 5) is 6.85. The number of nitrogens with zero attached hydrogens (tertiary/aromatic N) is 1. The van der Waals surface area contributed by atoms with Gasteiger partial charge in [-0.05, 0) is 35.9 Å². The second-order valence-electron chi connectivity index (χ2n) is 4.75. The lowest BCUT2D eigenvalue weighted by Crippen LogP contribution is -2.06. The Bertz CT molecular complexity index is 916. The van der Waals surface area contributed by atoms with Gasteiger partial charge in [0.2, 0.25) is 15.0 Å². The van der Waals surface area contributed by atoms with E-state index in [2.05, 4.69) is 9.97 Å². The fourth-order valence-corrected chi connectivity index (χ4v) is 3.34. The quantitative estimate of drug-likeness (QED) is 0.639. The molecule has 0 amide bonds. The number of phenolic OH excluding ortho intramolecular Hbond substituents is 1. The molecule has 6 nitrogen and oxygen atoms in total. The van der Waals surface area contributed by atoms with Crippen LogP contribution in [0.5, 0.6) is 5.75 Å². The first-order valence-electron chi connectivity index (χ1n) is 6.20. The highest BCUT2D eigenvalue weighted by Crippen LogP contribution is 2.21. The molecular formula is C14H13N3O3S. The Morgan fingerprint density at radius 3 is 2.76 bits per heavy atom. The van der Waals surface area contributed by atoms with Gasteiger partial charge in [0.25, 0.3) is 0 Å². The van der Waals surface area contributed by atoms with Crippen molar-refractivity contribution in [1.82, 2.24) is 9.97 Å². The van der Waals surface area contributed by atoms with E-state index >= 15 is 0 Å². The average Bonchev–Trinajstić information content (AvgIpc) is 2.82. The fraction of sp³-hybridized carbons (Fsp3) is 0.0714. The van der Waals surface area contributed by atoms with Gasteiger partial charge >= 0.3 is 0 Å². The summed E-state index contributed by atoms with van der Waals surface area (Å²) in [5.74, 6) is -0.212. The molecule has 0 atom stereocenters. The van der Waals surface area contributed by atoms with E-state index in [1.54, 1.807) is 30.3 Å². The standard InChI is InChI=1S/C14H13N3O3S/c15-10-4-5-12-13(7-10)17-14(16-12)21(19,20)8-9-2-1-3-11(18)6-9/h1-7,18H,8,15H2,(H,16,17). The Balaban J connectivity index is 2.00. The molecule has 3 aromatic rings. The summed E-state index contributed by atoms with van der Waals surface area (Å²) in [7, 11) is -3.62. The third-order valence-electron chi connectivity index (χ3n) is 3.05. The van der Waals surface area contributed by atoms with Crippen molar-refractivity contribution >= 4 is 26.6 Å². The van der Waals surface area contributed by atoms with Gasteiger partial charge in [-0.25, -0.2) is 13.4 Å². The Kier molecular flexibility index (Phi) is 3.06. The molecule has 0 aliphatic rings. The van der Waals surface area contributed by atoms with Crippen LogP contribution in [0.1, 0.15) is 5.56 Å². The summed E-state index contributed by atoms with van der Waals surface area (Å²) in [6, 6.07) is 11.1. The van der Waals surface area contributed by atoms with Gasteiger partial charge in [0, 0.05) is 5.69 Å². The lowest BCUT2D eigenvalue weighted by molar-refractivity contribution is 0.475. The predicted molar refractivity (Wildman–Crippen MR) is 79.5 cm³/mol. The fourth-order valence-electron chi connectivity index (χ4n) is 2.09. The molecule has 0 saturated heterocycles. The number of fused-ring (bicyclic) bond motifs is 1. The molecule has 3 rings (SSSR count). The van der Waals surface area contributed by atoms with Crippen molar-refractivity contribution < 1.29 is 13.5 Å². The van der Waals surface area contributed by atoms with Gasteiger partial charge in [-0.2, -0.15) is 0 Å². The number of benzene rings is 2. The van der Waals surface area contributed by atoms with Gasteiger partial charge < -0.3 is 15.8 Å². The summed E-state index contributed by atoms with van der Waals surface area (Å²) in [5, 5.41) is 9.29. The molecule has 4 N–H and O–H groups in total. The van der Waals surface area contributed by atoms with Gasteiger partial charge in [0.1, 0.15) is 5.75 Å². The maximum Gasteiger partial charge on any atom is 0.226 e. The number of imidazole rings is 1. The largest absolute Gasteiger partial charge is 0.508 e. The highest BCUT2D eigenvalue weighted by molar-refractivity contribution is 7.90. The van der Waals surface area contributed by atoms with Crippen molar-refractivity contribution in [1.29, 1.82) is 0 Å². The number of nitrogens with two attached hydrogens (primary N) is 1. The summed E-state index contributed by atoms with van der Waals surface area (Å²) in [5.41, 5.74) is 7.80. The summed E-state index contributed by atoms with van der Waals surface area (Å²) < 4.78 is 24.7. The van der Waals surface area contributed by atoms with Crippen LogP contribution in [0.25, 0.3) is 11.0 Å². The summed E-state index contributed by atoms with van der Waals surface area (Å²) in [6.45, 7) is 0. The number of aromatic nitrogens is 2. The third kappa shape index (κ3) is 2.68. The Hall–Kier alpha value is -2.54. The number of rotatable bonds is 3. The number of nitrogen functional groups attached to an aromatic ring is 1. The van der Waals surface area contributed by atoms with Gasteiger partial charge in [0.15, 0.2) is 0 Å². The molecule has 0 aliphatic carbocycles. The maximum absolute atomic E-state index is 12.4. The second kappa shape index (κ2) is 4.78. The minimum Gasteiger partial charge on any atom is -0.508 e. The van der Waals surface area contributed by atoms with Crippen LogP contribution in [0.4, 0.5) is 5.69 Å². The van der Waals surface area contributed by atoms with E-state index < -0.39 is 9.84 Å². The molecule has 0 unspecified atom stereocenters. The van der Waals surface area contributed by atoms with Crippen LogP contribution in [-0.4, -0.2) is 23.5 Å². The SMILES string of the molecule is Nc1ccc2nc(S(=O)(=O)Cc3cccc(O)c3)[nH]c2c1. The smallest absolute Gasteiger partial charge is 0.226 e. The molecule has 0 radical (unpaired) electrons. The zero-order valence-corrected chi connectivity index (χ0v) is 11.8. The van der Waals surface area contributed by atoms with E-state index in [0.717, 1.165) is 0 Å². The molecule has 0 spiro atoms. The van der Waals surface area contributed by atoms with E-state index in [9.17, 15) is 13.5 Å². The Morgan fingerprint density at radius 2 is 2.00 bits per heavy atom. The van der Waals surface area contributed by atoms with E-state index in [-0.39, 0.29) is 16.7 Å². The summed E-state index contributed by atoms with van der Waals surface area (Å²) >= 11 is 0. The second-order valence-corrected chi connectivity index (χ2v) is 6.65. The molecule has 0 bridgehead atoms. The van der Waals surface area contributed by atoms with E-state index in [4.69, 9.17) is 5.73 Å². The van der Waals surface area contributed by atoms with Gasteiger partial charge in [0.05, 0.1) is 16.8 Å². The maximum atomic E-state index is 12.4. The first-order valence-corrected chi connectivity index (χ1v) is 7.85. The van der Waals surface area contributed by atoms with Crippen LogP contribution in [0, 0.1) is 0 Å². The van der Waals surface area contributed by atoms with E-state index in [0.29, 0.717) is 22.3 Å². The number of phenols is 1. The molecule has 2 aromatic carbocycles. The van der Waals surface area contributed by atoms with Crippen LogP contribution in [0.15, 0.2) is 47.6 Å². The van der Waals surface area contributed by atoms with Crippen molar-refractivity contribution in [2.45, 2.75) is 10.9 Å². The van der Waals surface area contributed by atoms with Crippen molar-refractivity contribution in [2.75, 3.05) is 5.73 Å². The molecule has 0 fully saturated rings. The zero-order chi connectivity index (χ0) is 15.0. The monoisotopic (exact) mass is 303 g/mol. The topological polar surface area (TPSA) is 109 Å². The third-order valence-corrected chi connectivity index (χ3v) is 4.54. The van der Waals surface area contributed by atoms with E-state index in [1.165, 1.54) is 12.1 Å². The molecule has 0 aliphatic heterocycles. The highest BCUT2D eigenvalue weighted by Gasteiger charge is 2.20. The summed E-state index contributed by atoms with van der Waals surface area (Å²) in [6.07, 6.45) is 0. The Morgan fingerprint density at radius 1 is 1.19 bits per heavy atom. The van der Waals surface area contributed by atoms with Gasteiger partial charge in [-0.3, -0.25) is 0 Å². The average molecular weight is 303 g/mol. The van der Waals surface area contributed by atoms with Gasteiger partial charge in [-0.1, -0.05) is 12.1 Å². The van der Waals surface area contributed by atoms with Crippen LogP contribution in [0.2, 0.25) is 0 Å². The van der Waals surface area contributed by atoms with Crippen molar-refractivity contribution in [2.24, 2.45) is 0 Å². The predicted octanol–water partition coefficient (Wildman–Crippen LogP) is 1.82. The van der Waals surface area contributed by atoms with Crippen molar-refractivity contribution in [3.8, 4) is 5.75 Å². The molecule has 1 heterocycles. The van der Waals surface area contributed by atoms with Crippen LogP contribution < -0.4 is 5.73 Å². The van der Waals surface area contributed by atoms with Crippen LogP contribution in [-0.2, 0) is 15.6 Å². The lowest BCUT2D eigenvalue weighted by atomic mass is 10.2. The van der Waals surface area contributed by atoms with Gasteiger partial charge in [-0.15, -0.1) is 0 Å². The van der Waals surface area contributed by atoms with E-state index in [1.807, 2.05) is 0 Å². The first-order chi connectivity index (χ1) is 9.94. The zero-order valence-electron chi connectivity index (χ0n) is 10.9. The highest BCUT2D eigenvalue weighted by atomic mass is 32.2. The van der Waals surface area contributed by atoms with Crippen molar-refractivity contribution in [3.05, 3.63) is 48.0 Å². The number of aromatic hydroxyl groups is 1. The first kappa shape index (κ1) is 13.4. The number of anilines is 1. The van der Waals surface area contributed by atoms with Crippen molar-refractivity contribution in [3.63, 3.8) is 0 Å². The Labute approximate surface area is 121 Å². The van der Waals surface area contributed by atoms with Crippen LogP contribution >= 0.6 is 0 Å². The molecule has 1 aromatic heterocycles. The molecule has 108 valence electrons. The molecule has 21 heavy (non-hydrogen) atoms.